The highest BCUT2D eigenvalue weighted by molar-refractivity contribution is 7.99. The highest BCUT2D eigenvalue weighted by atomic mass is 32.2. The van der Waals surface area contributed by atoms with E-state index in [1.165, 1.54) is 16.0 Å². The van der Waals surface area contributed by atoms with Crippen molar-refractivity contribution in [1.29, 1.82) is 0 Å². The topological polar surface area (TPSA) is 49.3 Å². The smallest absolute Gasteiger partial charge is 0.221 e. The molecule has 1 saturated carbocycles. The summed E-state index contributed by atoms with van der Waals surface area (Å²) in [5.74, 6) is 0.818. The number of amides is 1. The fraction of sp³-hybridized carbons (Fsp3) is 0.533. The predicted molar refractivity (Wildman–Crippen MR) is 78.5 cm³/mol. The number of carbonyl (C=O) groups excluding carboxylic acids is 1. The average molecular weight is 279 g/mol. The van der Waals surface area contributed by atoms with Crippen molar-refractivity contribution in [2.24, 2.45) is 0 Å². The molecule has 2 N–H and O–H groups in total. The van der Waals surface area contributed by atoms with Gasteiger partial charge in [0.05, 0.1) is 12.1 Å². The number of aryl methyl sites for hydroxylation is 2. The number of aliphatic hydroxyl groups is 1. The first-order valence-corrected chi connectivity index (χ1v) is 7.65. The summed E-state index contributed by atoms with van der Waals surface area (Å²) < 4.78 is 0. The molecule has 0 heterocycles. The van der Waals surface area contributed by atoms with Gasteiger partial charge in [0.2, 0.25) is 5.91 Å². The number of carbonyl (C=O) groups is 1. The van der Waals surface area contributed by atoms with Gasteiger partial charge in [-0.2, -0.15) is 0 Å². The molecule has 0 saturated heterocycles. The molecular weight excluding hydrogens is 258 g/mol. The van der Waals surface area contributed by atoms with Gasteiger partial charge in [-0.1, -0.05) is 6.07 Å². The van der Waals surface area contributed by atoms with E-state index in [2.05, 4.69) is 37.4 Å². The monoisotopic (exact) mass is 279 g/mol. The zero-order valence-electron chi connectivity index (χ0n) is 11.5. The van der Waals surface area contributed by atoms with E-state index in [0.717, 1.165) is 18.6 Å². The molecule has 1 aliphatic carbocycles. The maximum Gasteiger partial charge on any atom is 0.221 e. The molecule has 1 aromatic rings. The van der Waals surface area contributed by atoms with Crippen LogP contribution < -0.4 is 5.32 Å². The van der Waals surface area contributed by atoms with E-state index in [9.17, 15) is 4.79 Å². The number of nitrogens with one attached hydrogen (secondary N) is 1. The van der Waals surface area contributed by atoms with Crippen molar-refractivity contribution in [2.75, 3.05) is 12.4 Å². The van der Waals surface area contributed by atoms with E-state index in [1.54, 1.807) is 11.8 Å². The molecule has 1 aliphatic rings. The summed E-state index contributed by atoms with van der Waals surface area (Å²) in [6, 6.07) is 6.37. The Labute approximate surface area is 118 Å². The van der Waals surface area contributed by atoms with Gasteiger partial charge in [0, 0.05) is 17.1 Å². The number of thioether (sulfide) groups is 1. The predicted octanol–water partition coefficient (Wildman–Crippen LogP) is 2.43. The Hall–Kier alpha value is -1.00. The molecule has 0 spiro atoms. The molecule has 19 heavy (non-hydrogen) atoms. The molecule has 0 radical (unpaired) electrons. The van der Waals surface area contributed by atoms with Gasteiger partial charge in [-0.25, -0.2) is 0 Å². The lowest BCUT2D eigenvalue weighted by molar-refractivity contribution is -0.122. The summed E-state index contributed by atoms with van der Waals surface area (Å²) in [4.78, 5) is 12.9. The standard InChI is InChI=1S/C15H21NO2S/c1-11-3-4-13(9-12(11)2)19-8-5-14(18)16-15(10-17)6-7-15/h3-4,9,17H,5-8,10H2,1-2H3,(H,16,18). The minimum atomic E-state index is -0.289. The molecule has 1 amide bonds. The van der Waals surface area contributed by atoms with Crippen LogP contribution in [-0.4, -0.2) is 28.9 Å². The molecule has 2 rings (SSSR count). The van der Waals surface area contributed by atoms with Crippen molar-refractivity contribution < 1.29 is 9.90 Å². The van der Waals surface area contributed by atoms with Gasteiger partial charge in [-0.15, -0.1) is 11.8 Å². The second-order valence-electron chi connectivity index (χ2n) is 5.33. The number of hydrogen-bond donors (Lipinski definition) is 2. The van der Waals surface area contributed by atoms with Gasteiger partial charge in [0.15, 0.2) is 0 Å². The van der Waals surface area contributed by atoms with E-state index in [1.807, 2.05) is 0 Å². The lowest BCUT2D eigenvalue weighted by atomic mass is 10.1. The van der Waals surface area contributed by atoms with Crippen LogP contribution in [-0.2, 0) is 4.79 Å². The van der Waals surface area contributed by atoms with Crippen molar-refractivity contribution >= 4 is 17.7 Å². The van der Waals surface area contributed by atoms with Crippen LogP contribution in [0.4, 0.5) is 0 Å². The van der Waals surface area contributed by atoms with Crippen molar-refractivity contribution in [1.82, 2.24) is 5.32 Å². The number of benzene rings is 1. The summed E-state index contributed by atoms with van der Waals surface area (Å²) in [6.45, 7) is 4.26. The average Bonchev–Trinajstić information content (AvgIpc) is 3.14. The Balaban J connectivity index is 1.74. The summed E-state index contributed by atoms with van der Waals surface area (Å²) in [5.41, 5.74) is 2.29. The second kappa shape index (κ2) is 5.97. The molecular formula is C15H21NO2S. The third-order valence-corrected chi connectivity index (χ3v) is 4.63. The highest BCUT2D eigenvalue weighted by Gasteiger charge is 2.43. The Morgan fingerprint density at radius 3 is 2.68 bits per heavy atom. The first-order valence-electron chi connectivity index (χ1n) is 6.67. The lowest BCUT2D eigenvalue weighted by Gasteiger charge is -2.14. The zero-order chi connectivity index (χ0) is 13.9. The third-order valence-electron chi connectivity index (χ3n) is 3.64. The van der Waals surface area contributed by atoms with Gasteiger partial charge >= 0.3 is 0 Å². The van der Waals surface area contributed by atoms with Crippen LogP contribution >= 0.6 is 11.8 Å². The molecule has 3 nitrogen and oxygen atoms in total. The minimum absolute atomic E-state index is 0.0443. The number of aliphatic hydroxyl groups excluding tert-OH is 1. The molecule has 104 valence electrons. The van der Waals surface area contributed by atoms with Gasteiger partial charge in [0.1, 0.15) is 0 Å². The van der Waals surface area contributed by atoms with Crippen molar-refractivity contribution in [3.63, 3.8) is 0 Å². The minimum Gasteiger partial charge on any atom is -0.394 e. The van der Waals surface area contributed by atoms with Crippen LogP contribution in [0.25, 0.3) is 0 Å². The first kappa shape index (κ1) is 14.4. The second-order valence-corrected chi connectivity index (χ2v) is 6.50. The van der Waals surface area contributed by atoms with E-state index < -0.39 is 0 Å². The first-order chi connectivity index (χ1) is 9.04. The quantitative estimate of drug-likeness (QED) is 0.786. The molecule has 0 atom stereocenters. The molecule has 4 heteroatoms. The Kier molecular flexibility index (Phi) is 4.53. The fourth-order valence-electron chi connectivity index (χ4n) is 1.90. The van der Waals surface area contributed by atoms with Crippen molar-refractivity contribution in [3.05, 3.63) is 29.3 Å². The van der Waals surface area contributed by atoms with Crippen LogP contribution in [0.3, 0.4) is 0 Å². The Morgan fingerprint density at radius 2 is 2.11 bits per heavy atom. The van der Waals surface area contributed by atoms with Crippen molar-refractivity contribution in [2.45, 2.75) is 43.5 Å². The molecule has 0 aliphatic heterocycles. The molecule has 0 unspecified atom stereocenters. The van der Waals surface area contributed by atoms with E-state index in [0.29, 0.717) is 6.42 Å². The normalized spacial score (nSPS) is 16.2. The van der Waals surface area contributed by atoms with Gasteiger partial charge < -0.3 is 10.4 Å². The summed E-state index contributed by atoms with van der Waals surface area (Å²) in [6.07, 6.45) is 2.30. The molecule has 0 bridgehead atoms. The van der Waals surface area contributed by atoms with E-state index in [4.69, 9.17) is 5.11 Å². The van der Waals surface area contributed by atoms with Gasteiger partial charge in [-0.05, 0) is 49.9 Å². The number of rotatable bonds is 6. The van der Waals surface area contributed by atoms with Crippen LogP contribution in [0.5, 0.6) is 0 Å². The van der Waals surface area contributed by atoms with Crippen LogP contribution in [0.1, 0.15) is 30.4 Å². The van der Waals surface area contributed by atoms with Crippen LogP contribution in [0.15, 0.2) is 23.1 Å². The largest absolute Gasteiger partial charge is 0.394 e. The molecule has 1 fully saturated rings. The summed E-state index contributed by atoms with van der Waals surface area (Å²) in [7, 11) is 0. The maximum atomic E-state index is 11.7. The SMILES string of the molecule is Cc1ccc(SCCC(=O)NC2(CO)CC2)cc1C. The Morgan fingerprint density at radius 1 is 1.37 bits per heavy atom. The van der Waals surface area contributed by atoms with E-state index in [-0.39, 0.29) is 18.1 Å². The third kappa shape index (κ3) is 3.98. The van der Waals surface area contributed by atoms with E-state index >= 15 is 0 Å². The number of hydrogen-bond acceptors (Lipinski definition) is 3. The Bertz CT molecular complexity index is 469. The van der Waals surface area contributed by atoms with Gasteiger partial charge in [-0.3, -0.25) is 4.79 Å². The van der Waals surface area contributed by atoms with Crippen molar-refractivity contribution in [3.8, 4) is 0 Å². The summed E-state index contributed by atoms with van der Waals surface area (Å²) in [5, 5.41) is 12.1. The molecule has 0 aromatic heterocycles. The summed E-state index contributed by atoms with van der Waals surface area (Å²) >= 11 is 1.70. The lowest BCUT2D eigenvalue weighted by Crippen LogP contribution is -2.39. The molecule has 1 aromatic carbocycles. The van der Waals surface area contributed by atoms with Crippen LogP contribution in [0, 0.1) is 13.8 Å². The van der Waals surface area contributed by atoms with Gasteiger partial charge in [0.25, 0.3) is 0 Å². The highest BCUT2D eigenvalue weighted by Crippen LogP contribution is 2.34. The maximum absolute atomic E-state index is 11.7. The fourth-order valence-corrected chi connectivity index (χ4v) is 2.84. The van der Waals surface area contributed by atoms with Crippen LogP contribution in [0.2, 0.25) is 0 Å². The zero-order valence-corrected chi connectivity index (χ0v) is 12.3.